The van der Waals surface area contributed by atoms with Gasteiger partial charge < -0.3 is 10.7 Å². The molecular weight excluding hydrogens is 388 g/mol. The highest BCUT2D eigenvalue weighted by atomic mass is 14.7. The molecule has 0 radical (unpaired) electrons. The average Bonchev–Trinajstić information content (AvgIpc) is 3.23. The van der Waals surface area contributed by atoms with Gasteiger partial charge in [-0.2, -0.15) is 0 Å². The summed E-state index contributed by atoms with van der Waals surface area (Å²) in [5.41, 5.74) is 15.8. The van der Waals surface area contributed by atoms with Crippen LogP contribution in [0, 0.1) is 0 Å². The van der Waals surface area contributed by atoms with Crippen molar-refractivity contribution in [1.82, 2.24) is 4.98 Å². The lowest BCUT2D eigenvalue weighted by Gasteiger charge is -2.08. The number of nitrogens with two attached hydrogens (primary N) is 1. The van der Waals surface area contributed by atoms with Crippen molar-refractivity contribution in [3.63, 3.8) is 0 Å². The maximum absolute atomic E-state index is 5.79. The quantitative estimate of drug-likeness (QED) is 0.266. The van der Waals surface area contributed by atoms with Crippen molar-refractivity contribution in [2.45, 2.75) is 19.3 Å². The Morgan fingerprint density at radius 1 is 0.562 bits per heavy atom. The number of aromatic nitrogens is 1. The highest BCUT2D eigenvalue weighted by molar-refractivity contribution is 5.94. The molecule has 32 heavy (non-hydrogen) atoms. The molecule has 158 valence electrons. The number of unbranched alkanes of at least 4 members (excludes halogenated alkanes) is 1. The van der Waals surface area contributed by atoms with E-state index < -0.39 is 0 Å². The van der Waals surface area contributed by atoms with Crippen LogP contribution >= 0.6 is 0 Å². The number of aryl methyl sites for hydroxylation is 1. The summed E-state index contributed by atoms with van der Waals surface area (Å²) in [5.74, 6) is 0. The molecule has 0 fully saturated rings. The van der Waals surface area contributed by atoms with Crippen LogP contribution in [0.2, 0.25) is 0 Å². The van der Waals surface area contributed by atoms with Crippen LogP contribution in [0.5, 0.6) is 0 Å². The fourth-order valence-electron chi connectivity index (χ4n) is 4.47. The van der Waals surface area contributed by atoms with Crippen LogP contribution < -0.4 is 5.73 Å². The largest absolute Gasteiger partial charge is 0.354 e. The van der Waals surface area contributed by atoms with Crippen molar-refractivity contribution in [3.05, 3.63) is 109 Å². The van der Waals surface area contributed by atoms with Crippen molar-refractivity contribution in [2.75, 3.05) is 6.54 Å². The fourth-order valence-corrected chi connectivity index (χ4v) is 4.47. The molecule has 0 aliphatic heterocycles. The lowest BCUT2D eigenvalue weighted by Crippen LogP contribution is -1.99. The molecule has 4 aromatic carbocycles. The predicted molar refractivity (Wildman–Crippen MR) is 137 cm³/mol. The molecule has 0 aliphatic rings. The molecule has 0 amide bonds. The van der Waals surface area contributed by atoms with Gasteiger partial charge in [0.2, 0.25) is 0 Å². The van der Waals surface area contributed by atoms with E-state index in [4.69, 9.17) is 5.73 Å². The zero-order chi connectivity index (χ0) is 21.8. The molecule has 2 nitrogen and oxygen atoms in total. The Hall–Kier alpha value is -3.62. The predicted octanol–water partition coefficient (Wildman–Crippen LogP) is 7.45. The summed E-state index contributed by atoms with van der Waals surface area (Å²) in [6.45, 7) is 0.735. The molecule has 2 heteroatoms. The molecule has 0 unspecified atom stereocenters. The van der Waals surface area contributed by atoms with Crippen molar-refractivity contribution < 1.29 is 0 Å². The Kier molecular flexibility index (Phi) is 5.87. The van der Waals surface area contributed by atoms with Crippen LogP contribution in [-0.4, -0.2) is 11.5 Å². The summed E-state index contributed by atoms with van der Waals surface area (Å²) in [5, 5.41) is 1.31. The van der Waals surface area contributed by atoms with Crippen LogP contribution in [-0.2, 0) is 6.42 Å². The van der Waals surface area contributed by atoms with Crippen LogP contribution in [0.4, 0.5) is 0 Å². The van der Waals surface area contributed by atoms with Gasteiger partial charge in [-0.05, 0) is 71.3 Å². The zero-order valence-electron chi connectivity index (χ0n) is 18.2. The van der Waals surface area contributed by atoms with Crippen molar-refractivity contribution >= 4 is 10.9 Å². The highest BCUT2D eigenvalue weighted by Crippen LogP contribution is 2.35. The number of rotatable bonds is 7. The first-order valence-electron chi connectivity index (χ1n) is 11.4. The summed E-state index contributed by atoms with van der Waals surface area (Å²) in [6, 6.07) is 36.8. The first-order chi connectivity index (χ1) is 15.8. The van der Waals surface area contributed by atoms with Gasteiger partial charge in [-0.3, -0.25) is 0 Å². The third kappa shape index (κ3) is 4.10. The fraction of sp³-hybridized carbons (Fsp3) is 0.133. The lowest BCUT2D eigenvalue weighted by atomic mass is 9.96. The van der Waals surface area contributed by atoms with Gasteiger partial charge >= 0.3 is 0 Å². The Bertz CT molecular complexity index is 1300. The molecule has 0 aliphatic carbocycles. The topological polar surface area (TPSA) is 41.8 Å². The monoisotopic (exact) mass is 416 g/mol. The second-order valence-electron chi connectivity index (χ2n) is 8.29. The smallest absolute Gasteiger partial charge is 0.0497 e. The van der Waals surface area contributed by atoms with E-state index in [1.807, 2.05) is 0 Å². The van der Waals surface area contributed by atoms with Gasteiger partial charge in [-0.1, -0.05) is 91.0 Å². The molecule has 1 heterocycles. The average molecular weight is 417 g/mol. The molecular formula is C30H28N2. The van der Waals surface area contributed by atoms with E-state index >= 15 is 0 Å². The van der Waals surface area contributed by atoms with Crippen LogP contribution in [0.15, 0.2) is 103 Å². The van der Waals surface area contributed by atoms with Crippen molar-refractivity contribution in [2.24, 2.45) is 5.73 Å². The highest BCUT2D eigenvalue weighted by Gasteiger charge is 2.14. The number of hydrogen-bond acceptors (Lipinski definition) is 1. The maximum atomic E-state index is 5.79. The molecule has 5 aromatic rings. The summed E-state index contributed by atoms with van der Waals surface area (Å²) in [6.07, 6.45) is 3.15. The van der Waals surface area contributed by atoms with Crippen molar-refractivity contribution in [3.8, 4) is 33.5 Å². The minimum atomic E-state index is 0.735. The summed E-state index contributed by atoms with van der Waals surface area (Å²) in [4.78, 5) is 3.71. The maximum Gasteiger partial charge on any atom is 0.0497 e. The summed E-state index contributed by atoms with van der Waals surface area (Å²) < 4.78 is 0. The van der Waals surface area contributed by atoms with E-state index in [-0.39, 0.29) is 0 Å². The van der Waals surface area contributed by atoms with Gasteiger partial charge in [0.05, 0.1) is 0 Å². The van der Waals surface area contributed by atoms with Gasteiger partial charge in [0.1, 0.15) is 0 Å². The Morgan fingerprint density at radius 2 is 1.12 bits per heavy atom. The summed E-state index contributed by atoms with van der Waals surface area (Å²) >= 11 is 0. The molecule has 0 atom stereocenters. The third-order valence-corrected chi connectivity index (χ3v) is 6.17. The number of benzene rings is 4. The number of H-pyrrole nitrogens is 1. The van der Waals surface area contributed by atoms with Gasteiger partial charge in [0, 0.05) is 16.6 Å². The van der Waals surface area contributed by atoms with Gasteiger partial charge in [0.15, 0.2) is 0 Å². The minimum absolute atomic E-state index is 0.735. The van der Waals surface area contributed by atoms with Crippen LogP contribution in [0.1, 0.15) is 18.4 Å². The van der Waals surface area contributed by atoms with Gasteiger partial charge in [-0.25, -0.2) is 0 Å². The molecule has 0 bridgehead atoms. The van der Waals surface area contributed by atoms with E-state index in [1.165, 1.54) is 50.0 Å². The molecule has 1 aromatic heterocycles. The Morgan fingerprint density at radius 3 is 1.78 bits per heavy atom. The van der Waals surface area contributed by atoms with E-state index in [2.05, 4.69) is 108 Å². The first-order valence-corrected chi connectivity index (χ1v) is 11.4. The molecule has 0 saturated heterocycles. The molecule has 3 N–H and O–H groups in total. The number of hydrogen-bond donors (Lipinski definition) is 2. The summed E-state index contributed by atoms with van der Waals surface area (Å²) in [7, 11) is 0. The molecule has 5 rings (SSSR count). The van der Waals surface area contributed by atoms with Crippen LogP contribution in [0.25, 0.3) is 44.4 Å². The van der Waals surface area contributed by atoms with Crippen LogP contribution in [0.3, 0.4) is 0 Å². The van der Waals surface area contributed by atoms with E-state index in [1.54, 1.807) is 0 Å². The lowest BCUT2D eigenvalue weighted by molar-refractivity contribution is 0.748. The number of nitrogens with one attached hydrogen (secondary N) is 1. The standard InChI is InChI=1S/C30H28N2/c31-20-8-7-13-27-28-21-26(23-11-5-2-6-12-23)18-19-29(28)32-30(27)25-16-14-24(15-17-25)22-9-3-1-4-10-22/h1-6,9-12,14-19,21,32H,7-8,13,20,31H2. The zero-order valence-corrected chi connectivity index (χ0v) is 18.2. The minimum Gasteiger partial charge on any atom is -0.354 e. The van der Waals surface area contributed by atoms with Gasteiger partial charge in [-0.15, -0.1) is 0 Å². The third-order valence-electron chi connectivity index (χ3n) is 6.17. The Labute approximate surface area is 189 Å². The molecule has 0 spiro atoms. The second-order valence-corrected chi connectivity index (χ2v) is 8.29. The van der Waals surface area contributed by atoms with E-state index in [0.717, 1.165) is 25.8 Å². The number of fused-ring (bicyclic) bond motifs is 1. The number of aromatic amines is 1. The van der Waals surface area contributed by atoms with E-state index in [0.29, 0.717) is 0 Å². The van der Waals surface area contributed by atoms with Crippen molar-refractivity contribution in [1.29, 1.82) is 0 Å². The SMILES string of the molecule is NCCCCc1c(-c2ccc(-c3ccccc3)cc2)[nH]c2ccc(-c3ccccc3)cc12. The molecule has 0 saturated carbocycles. The second kappa shape index (κ2) is 9.25. The van der Waals surface area contributed by atoms with Gasteiger partial charge in [0.25, 0.3) is 0 Å². The Balaban J connectivity index is 1.57. The first kappa shape index (κ1) is 20.3. The normalized spacial score (nSPS) is 11.2. The van der Waals surface area contributed by atoms with E-state index in [9.17, 15) is 0 Å².